The Hall–Kier alpha value is -1.00. The van der Waals surface area contributed by atoms with E-state index in [9.17, 15) is 0 Å². The largest absolute Gasteiger partial charge is 0.488 e. The van der Waals surface area contributed by atoms with E-state index in [1.807, 2.05) is 29.6 Å². The molecule has 2 nitrogen and oxygen atoms in total. The van der Waals surface area contributed by atoms with Crippen LogP contribution in [0.2, 0.25) is 0 Å². The van der Waals surface area contributed by atoms with Crippen LogP contribution in [-0.2, 0) is 6.61 Å². The summed E-state index contributed by atoms with van der Waals surface area (Å²) in [6.07, 6.45) is 0. The first-order valence-electron chi connectivity index (χ1n) is 4.45. The molecule has 0 bridgehead atoms. The van der Waals surface area contributed by atoms with E-state index in [4.69, 9.17) is 10.5 Å². The zero-order valence-electron chi connectivity index (χ0n) is 7.94. The van der Waals surface area contributed by atoms with Crippen molar-refractivity contribution in [3.8, 4) is 5.75 Å². The fourth-order valence-electron chi connectivity index (χ4n) is 1.18. The number of nitrogen functional groups attached to an aromatic ring is 1. The van der Waals surface area contributed by atoms with Gasteiger partial charge in [0.2, 0.25) is 0 Å². The molecule has 0 aliphatic rings. The summed E-state index contributed by atoms with van der Waals surface area (Å²) in [5.74, 6) is 0.779. The molecule has 0 saturated carbocycles. The smallest absolute Gasteiger partial charge is 0.136 e. The number of ether oxygens (including phenoxy) is 1. The molecule has 0 atom stereocenters. The molecule has 4 heteroatoms. The molecule has 2 aromatic rings. The number of benzene rings is 1. The van der Waals surface area contributed by atoms with E-state index in [1.165, 1.54) is 5.56 Å². The Bertz CT molecular complexity index is 442. The number of hydrogen-bond acceptors (Lipinski definition) is 3. The number of hydrogen-bond donors (Lipinski definition) is 1. The summed E-state index contributed by atoms with van der Waals surface area (Å²) in [4.78, 5) is 0. The summed E-state index contributed by atoms with van der Waals surface area (Å²) in [7, 11) is 0. The number of thiophene rings is 1. The summed E-state index contributed by atoms with van der Waals surface area (Å²) in [6.45, 7) is 0.575. The Morgan fingerprint density at radius 1 is 1.33 bits per heavy atom. The maximum Gasteiger partial charge on any atom is 0.136 e. The monoisotopic (exact) mass is 283 g/mol. The highest BCUT2D eigenvalue weighted by molar-refractivity contribution is 9.10. The molecule has 15 heavy (non-hydrogen) atoms. The van der Waals surface area contributed by atoms with Crippen molar-refractivity contribution in [1.29, 1.82) is 0 Å². The van der Waals surface area contributed by atoms with Crippen LogP contribution in [0, 0.1) is 0 Å². The average Bonchev–Trinajstić information content (AvgIpc) is 2.73. The van der Waals surface area contributed by atoms with Gasteiger partial charge in [-0.15, -0.1) is 0 Å². The van der Waals surface area contributed by atoms with Crippen molar-refractivity contribution in [2.45, 2.75) is 6.61 Å². The van der Waals surface area contributed by atoms with Crippen LogP contribution >= 0.6 is 27.3 Å². The van der Waals surface area contributed by atoms with Gasteiger partial charge in [0.1, 0.15) is 12.4 Å². The van der Waals surface area contributed by atoms with Crippen molar-refractivity contribution in [2.75, 3.05) is 5.73 Å². The highest BCUT2D eigenvalue weighted by Gasteiger charge is 2.04. The van der Waals surface area contributed by atoms with Crippen LogP contribution in [0.5, 0.6) is 5.75 Å². The number of rotatable bonds is 3. The standard InChI is InChI=1S/C11H10BrNOS/c12-11-9(13)2-1-3-10(11)14-6-8-4-5-15-7-8/h1-5,7H,6,13H2. The Morgan fingerprint density at radius 3 is 2.93 bits per heavy atom. The van der Waals surface area contributed by atoms with Crippen molar-refractivity contribution in [1.82, 2.24) is 0 Å². The zero-order valence-corrected chi connectivity index (χ0v) is 10.3. The van der Waals surface area contributed by atoms with Gasteiger partial charge in [-0.3, -0.25) is 0 Å². The van der Waals surface area contributed by atoms with Gasteiger partial charge in [-0.25, -0.2) is 0 Å². The van der Waals surface area contributed by atoms with E-state index in [-0.39, 0.29) is 0 Å². The Balaban J connectivity index is 2.08. The predicted octanol–water partition coefficient (Wildman–Crippen LogP) is 3.67. The second kappa shape index (κ2) is 4.68. The topological polar surface area (TPSA) is 35.2 Å². The quantitative estimate of drug-likeness (QED) is 0.873. The zero-order chi connectivity index (χ0) is 10.7. The van der Waals surface area contributed by atoms with Gasteiger partial charge in [0.25, 0.3) is 0 Å². The van der Waals surface area contributed by atoms with Crippen molar-refractivity contribution in [3.05, 3.63) is 45.1 Å². The van der Waals surface area contributed by atoms with Crippen molar-refractivity contribution in [3.63, 3.8) is 0 Å². The summed E-state index contributed by atoms with van der Waals surface area (Å²) >= 11 is 5.06. The highest BCUT2D eigenvalue weighted by atomic mass is 79.9. The van der Waals surface area contributed by atoms with Gasteiger partial charge in [0.15, 0.2) is 0 Å². The molecule has 0 spiro atoms. The van der Waals surface area contributed by atoms with Crippen LogP contribution in [0.25, 0.3) is 0 Å². The molecule has 0 unspecified atom stereocenters. The lowest BCUT2D eigenvalue weighted by Crippen LogP contribution is -1.96. The van der Waals surface area contributed by atoms with E-state index in [2.05, 4.69) is 21.3 Å². The third-order valence-electron chi connectivity index (χ3n) is 1.97. The number of nitrogens with two attached hydrogens (primary N) is 1. The molecule has 0 aliphatic carbocycles. The van der Waals surface area contributed by atoms with Crippen LogP contribution in [0.1, 0.15) is 5.56 Å². The van der Waals surface area contributed by atoms with Gasteiger partial charge < -0.3 is 10.5 Å². The van der Waals surface area contributed by atoms with Crippen molar-refractivity contribution < 1.29 is 4.74 Å². The molecule has 78 valence electrons. The molecule has 0 aliphatic heterocycles. The Labute approximate surface area is 101 Å². The van der Waals surface area contributed by atoms with Gasteiger partial charge in [-0.1, -0.05) is 6.07 Å². The van der Waals surface area contributed by atoms with E-state index in [1.54, 1.807) is 11.3 Å². The van der Waals surface area contributed by atoms with Gasteiger partial charge in [-0.2, -0.15) is 11.3 Å². The van der Waals surface area contributed by atoms with Gasteiger partial charge in [0, 0.05) is 5.69 Å². The van der Waals surface area contributed by atoms with Crippen LogP contribution < -0.4 is 10.5 Å². The SMILES string of the molecule is Nc1cccc(OCc2ccsc2)c1Br. The van der Waals surface area contributed by atoms with E-state index in [0.717, 1.165) is 10.2 Å². The fraction of sp³-hybridized carbons (Fsp3) is 0.0909. The first-order valence-corrected chi connectivity index (χ1v) is 6.19. The minimum absolute atomic E-state index is 0.575. The fourth-order valence-corrected chi connectivity index (χ4v) is 2.21. The minimum Gasteiger partial charge on any atom is -0.488 e. The molecule has 2 N–H and O–H groups in total. The molecule has 1 aromatic heterocycles. The predicted molar refractivity (Wildman–Crippen MR) is 67.2 cm³/mol. The van der Waals surface area contributed by atoms with Crippen molar-refractivity contribution >= 4 is 33.0 Å². The molecule has 0 radical (unpaired) electrons. The molecule has 0 amide bonds. The molecule has 0 saturated heterocycles. The van der Waals surface area contributed by atoms with Crippen molar-refractivity contribution in [2.24, 2.45) is 0 Å². The first kappa shape index (κ1) is 10.5. The molecule has 1 aromatic carbocycles. The van der Waals surface area contributed by atoms with Crippen LogP contribution in [-0.4, -0.2) is 0 Å². The molecule has 1 heterocycles. The van der Waals surface area contributed by atoms with Crippen LogP contribution in [0.3, 0.4) is 0 Å². The summed E-state index contributed by atoms with van der Waals surface area (Å²) < 4.78 is 6.46. The summed E-state index contributed by atoms with van der Waals surface area (Å²) in [5.41, 5.74) is 7.61. The normalized spacial score (nSPS) is 10.2. The van der Waals surface area contributed by atoms with E-state index < -0.39 is 0 Å². The number of halogens is 1. The molecule has 0 fully saturated rings. The van der Waals surface area contributed by atoms with Gasteiger partial charge >= 0.3 is 0 Å². The second-order valence-corrected chi connectivity index (χ2v) is 4.65. The summed E-state index contributed by atoms with van der Waals surface area (Å²) in [5, 5.41) is 4.10. The lowest BCUT2D eigenvalue weighted by atomic mass is 10.3. The van der Waals surface area contributed by atoms with Crippen LogP contribution in [0.15, 0.2) is 39.5 Å². The highest BCUT2D eigenvalue weighted by Crippen LogP contribution is 2.30. The molecular formula is C11H10BrNOS. The van der Waals surface area contributed by atoms with Gasteiger partial charge in [0.05, 0.1) is 4.47 Å². The summed E-state index contributed by atoms with van der Waals surface area (Å²) in [6, 6.07) is 7.66. The molecular weight excluding hydrogens is 274 g/mol. The maximum absolute atomic E-state index is 5.74. The van der Waals surface area contributed by atoms with Crippen LogP contribution in [0.4, 0.5) is 5.69 Å². The number of anilines is 1. The lowest BCUT2D eigenvalue weighted by Gasteiger charge is -2.08. The second-order valence-electron chi connectivity index (χ2n) is 3.08. The first-order chi connectivity index (χ1) is 7.27. The Morgan fingerprint density at radius 2 is 2.20 bits per heavy atom. The average molecular weight is 284 g/mol. The maximum atomic E-state index is 5.74. The van der Waals surface area contributed by atoms with Gasteiger partial charge in [-0.05, 0) is 50.5 Å². The molecule has 2 rings (SSSR count). The van der Waals surface area contributed by atoms with E-state index >= 15 is 0 Å². The third kappa shape index (κ3) is 2.52. The minimum atomic E-state index is 0.575. The Kier molecular flexibility index (Phi) is 3.28. The third-order valence-corrected chi connectivity index (χ3v) is 3.55. The van der Waals surface area contributed by atoms with E-state index in [0.29, 0.717) is 12.3 Å². The lowest BCUT2D eigenvalue weighted by molar-refractivity contribution is 0.305.